The molecule has 0 radical (unpaired) electrons. The molecule has 18 heavy (non-hydrogen) atoms. The first kappa shape index (κ1) is 14.8. The van der Waals surface area contributed by atoms with Crippen LogP contribution in [0.2, 0.25) is 0 Å². The van der Waals surface area contributed by atoms with Crippen LogP contribution >= 0.6 is 0 Å². The highest BCUT2D eigenvalue weighted by Gasteiger charge is 2.28. The Morgan fingerprint density at radius 1 is 1.22 bits per heavy atom. The molecule has 0 bridgehead atoms. The van der Waals surface area contributed by atoms with Crippen molar-refractivity contribution in [2.45, 2.75) is 26.1 Å². The highest BCUT2D eigenvalue weighted by Crippen LogP contribution is 2.18. The molecule has 0 aliphatic rings. The van der Waals surface area contributed by atoms with Crippen LogP contribution in [0.25, 0.3) is 0 Å². The van der Waals surface area contributed by atoms with E-state index in [0.29, 0.717) is 6.61 Å². The van der Waals surface area contributed by atoms with Crippen molar-refractivity contribution in [3.05, 3.63) is 29.8 Å². The second-order valence-corrected chi connectivity index (χ2v) is 3.75. The third kappa shape index (κ3) is 5.37. The van der Waals surface area contributed by atoms with Gasteiger partial charge in [0.25, 0.3) is 0 Å². The minimum atomic E-state index is -4.33. The van der Waals surface area contributed by atoms with E-state index in [1.165, 1.54) is 0 Å². The molecule has 0 amide bonds. The lowest BCUT2D eigenvalue weighted by molar-refractivity contribution is -0.192. The summed E-state index contributed by atoms with van der Waals surface area (Å²) in [5.74, 6) is 0.727. The summed E-state index contributed by atoms with van der Waals surface area (Å²) < 4.78 is 40.9. The van der Waals surface area contributed by atoms with E-state index in [2.05, 4.69) is 10.3 Å². The summed E-state index contributed by atoms with van der Waals surface area (Å²) in [6, 6.07) is 6.75. The number of hydroxylamine groups is 1. The molecule has 1 atom stereocenters. The molecule has 6 heteroatoms. The Morgan fingerprint density at radius 2 is 1.83 bits per heavy atom. The van der Waals surface area contributed by atoms with Gasteiger partial charge in [0.1, 0.15) is 5.75 Å². The molecule has 1 N–H and O–H groups in total. The van der Waals surface area contributed by atoms with Crippen molar-refractivity contribution in [1.29, 1.82) is 0 Å². The molecule has 0 aliphatic heterocycles. The smallest absolute Gasteiger partial charge is 0.413 e. The van der Waals surface area contributed by atoms with Gasteiger partial charge in [-0.25, -0.2) is 0 Å². The molecule has 102 valence electrons. The number of benzene rings is 1. The summed E-state index contributed by atoms with van der Waals surface area (Å²) in [5.41, 5.74) is 3.17. The summed E-state index contributed by atoms with van der Waals surface area (Å²) in [6.07, 6.45) is -4.33. The number of rotatable bonds is 6. The summed E-state index contributed by atoms with van der Waals surface area (Å²) in [5, 5.41) is 0. The zero-order valence-electron chi connectivity index (χ0n) is 10.3. The predicted octanol–water partition coefficient (Wildman–Crippen LogP) is 3.23. The Bertz CT molecular complexity index is 351. The lowest BCUT2D eigenvalue weighted by Gasteiger charge is -2.15. The molecular weight excluding hydrogens is 247 g/mol. The normalized spacial score (nSPS) is 13.4. The van der Waals surface area contributed by atoms with E-state index < -0.39 is 12.8 Å². The van der Waals surface area contributed by atoms with E-state index in [0.717, 1.165) is 11.3 Å². The number of hydrogen-bond acceptors (Lipinski definition) is 3. The molecule has 0 saturated carbocycles. The molecular formula is C12H16F3NO2. The van der Waals surface area contributed by atoms with Crippen molar-refractivity contribution in [2.24, 2.45) is 0 Å². The lowest BCUT2D eigenvalue weighted by atomic mass is 10.1. The Balaban J connectivity index is 2.43. The van der Waals surface area contributed by atoms with E-state index in [1.54, 1.807) is 31.2 Å². The van der Waals surface area contributed by atoms with Crippen molar-refractivity contribution in [2.75, 3.05) is 13.2 Å². The molecule has 1 unspecified atom stereocenters. The third-order valence-electron chi connectivity index (χ3n) is 2.19. The van der Waals surface area contributed by atoms with Gasteiger partial charge in [0.05, 0.1) is 12.6 Å². The van der Waals surface area contributed by atoms with Crippen LogP contribution in [0, 0.1) is 0 Å². The van der Waals surface area contributed by atoms with E-state index in [4.69, 9.17) is 4.74 Å². The van der Waals surface area contributed by atoms with E-state index in [1.807, 2.05) is 6.92 Å². The van der Waals surface area contributed by atoms with Crippen LogP contribution in [-0.4, -0.2) is 19.4 Å². The van der Waals surface area contributed by atoms with Gasteiger partial charge in [-0.15, -0.1) is 0 Å². The fourth-order valence-electron chi connectivity index (χ4n) is 1.34. The van der Waals surface area contributed by atoms with Crippen LogP contribution in [0.3, 0.4) is 0 Å². The van der Waals surface area contributed by atoms with Crippen molar-refractivity contribution >= 4 is 0 Å². The topological polar surface area (TPSA) is 30.5 Å². The molecule has 1 aromatic carbocycles. The molecule has 3 nitrogen and oxygen atoms in total. The first-order valence-corrected chi connectivity index (χ1v) is 5.59. The summed E-state index contributed by atoms with van der Waals surface area (Å²) >= 11 is 0. The second-order valence-electron chi connectivity index (χ2n) is 3.75. The summed E-state index contributed by atoms with van der Waals surface area (Å²) in [6.45, 7) is 2.85. The lowest BCUT2D eigenvalue weighted by Crippen LogP contribution is -2.26. The highest BCUT2D eigenvalue weighted by molar-refractivity contribution is 5.28. The molecule has 1 aromatic rings. The van der Waals surface area contributed by atoms with Crippen molar-refractivity contribution in [3.63, 3.8) is 0 Å². The predicted molar refractivity (Wildman–Crippen MR) is 61.2 cm³/mol. The molecule has 0 aromatic heterocycles. The van der Waals surface area contributed by atoms with Crippen LogP contribution < -0.4 is 10.2 Å². The fraction of sp³-hybridized carbons (Fsp3) is 0.500. The van der Waals surface area contributed by atoms with Crippen LogP contribution in [-0.2, 0) is 4.84 Å². The van der Waals surface area contributed by atoms with Crippen LogP contribution in [0.5, 0.6) is 5.75 Å². The summed E-state index contributed by atoms with van der Waals surface area (Å²) in [4.78, 5) is 4.39. The Hall–Kier alpha value is -1.27. The van der Waals surface area contributed by atoms with Crippen LogP contribution in [0.1, 0.15) is 25.5 Å². The average molecular weight is 263 g/mol. The standard InChI is InChI=1S/C12H16F3NO2/c1-3-17-11-6-4-10(5-7-11)9(2)16-18-8-12(13,14)15/h4-7,9,16H,3,8H2,1-2H3. The van der Waals surface area contributed by atoms with Gasteiger partial charge in [0.2, 0.25) is 0 Å². The van der Waals surface area contributed by atoms with E-state index >= 15 is 0 Å². The number of nitrogens with one attached hydrogen (secondary N) is 1. The molecule has 1 rings (SSSR count). The van der Waals surface area contributed by atoms with Gasteiger partial charge in [-0.3, -0.25) is 4.84 Å². The number of halogens is 3. The van der Waals surface area contributed by atoms with Crippen molar-refractivity contribution in [3.8, 4) is 5.75 Å². The van der Waals surface area contributed by atoms with Crippen LogP contribution in [0.15, 0.2) is 24.3 Å². The molecule has 0 spiro atoms. The van der Waals surface area contributed by atoms with Gasteiger partial charge in [-0.05, 0) is 31.5 Å². The molecule has 0 saturated heterocycles. The minimum absolute atomic E-state index is 0.331. The van der Waals surface area contributed by atoms with Crippen LogP contribution in [0.4, 0.5) is 13.2 Å². The third-order valence-corrected chi connectivity index (χ3v) is 2.19. The zero-order valence-corrected chi connectivity index (χ0v) is 10.3. The van der Waals surface area contributed by atoms with Gasteiger partial charge in [-0.1, -0.05) is 12.1 Å². The van der Waals surface area contributed by atoms with Gasteiger partial charge < -0.3 is 4.74 Å². The van der Waals surface area contributed by atoms with Crippen molar-refractivity contribution < 1.29 is 22.7 Å². The monoisotopic (exact) mass is 263 g/mol. The van der Waals surface area contributed by atoms with Gasteiger partial charge in [-0.2, -0.15) is 18.7 Å². The molecule has 0 aliphatic carbocycles. The molecule has 0 fully saturated rings. The zero-order chi connectivity index (χ0) is 13.6. The number of hydrogen-bond donors (Lipinski definition) is 1. The maximum absolute atomic E-state index is 11.9. The first-order valence-electron chi connectivity index (χ1n) is 5.59. The van der Waals surface area contributed by atoms with Crippen molar-refractivity contribution in [1.82, 2.24) is 5.48 Å². The summed E-state index contributed by atoms with van der Waals surface area (Å²) in [7, 11) is 0. The van der Waals surface area contributed by atoms with E-state index in [9.17, 15) is 13.2 Å². The minimum Gasteiger partial charge on any atom is -0.494 e. The number of ether oxygens (including phenoxy) is 1. The Labute approximate surface area is 104 Å². The maximum atomic E-state index is 11.9. The molecule has 0 heterocycles. The highest BCUT2D eigenvalue weighted by atomic mass is 19.4. The van der Waals surface area contributed by atoms with Gasteiger partial charge in [0.15, 0.2) is 6.61 Å². The average Bonchev–Trinajstić information content (AvgIpc) is 2.28. The first-order chi connectivity index (χ1) is 8.42. The quantitative estimate of drug-likeness (QED) is 0.799. The fourth-order valence-corrected chi connectivity index (χ4v) is 1.34. The Kier molecular flexibility index (Phi) is 5.43. The van der Waals surface area contributed by atoms with Gasteiger partial charge >= 0.3 is 6.18 Å². The van der Waals surface area contributed by atoms with Gasteiger partial charge in [0, 0.05) is 0 Å². The number of alkyl halides is 3. The largest absolute Gasteiger partial charge is 0.494 e. The Morgan fingerprint density at radius 3 is 2.33 bits per heavy atom. The SMILES string of the molecule is CCOc1ccc(C(C)NOCC(F)(F)F)cc1. The van der Waals surface area contributed by atoms with E-state index in [-0.39, 0.29) is 6.04 Å². The maximum Gasteiger partial charge on any atom is 0.413 e. The second kappa shape index (κ2) is 6.61.